The Balaban J connectivity index is 2.47. The molecule has 0 heterocycles. The molecule has 1 unspecified atom stereocenters. The fourth-order valence-corrected chi connectivity index (χ4v) is 2.67. The molecule has 1 N–H and O–H groups in total. The molecule has 0 amide bonds. The minimum Gasteiger partial charge on any atom is -0.306 e. The number of rotatable bonds is 5. The van der Waals surface area contributed by atoms with Crippen molar-refractivity contribution in [2.75, 3.05) is 6.54 Å². The lowest BCUT2D eigenvalue weighted by molar-refractivity contribution is 0.586. The molecule has 0 saturated heterocycles. The number of nitrogens with one attached hydrogen (secondary N) is 1. The Labute approximate surface area is 139 Å². The molecule has 0 saturated carbocycles. The van der Waals surface area contributed by atoms with Crippen LogP contribution in [0.2, 0.25) is 15.1 Å². The quantitative estimate of drug-likeness (QED) is 0.713. The van der Waals surface area contributed by atoms with E-state index in [1.807, 2.05) is 6.07 Å². The van der Waals surface area contributed by atoms with Crippen LogP contribution in [0.25, 0.3) is 0 Å². The second-order valence-electron chi connectivity index (χ2n) is 4.70. The topological polar surface area (TPSA) is 12.0 Å². The van der Waals surface area contributed by atoms with Gasteiger partial charge in [-0.15, -0.1) is 0 Å². The summed E-state index contributed by atoms with van der Waals surface area (Å²) in [5, 5.41) is 4.44. The van der Waals surface area contributed by atoms with Crippen molar-refractivity contribution >= 4 is 34.8 Å². The SMILES string of the molecule is CCCNC(c1ccc(Cl)c(Cl)c1)c1cccc(F)c1Cl. The first-order chi connectivity index (χ1) is 10.0. The predicted molar refractivity (Wildman–Crippen MR) is 88.0 cm³/mol. The molecule has 2 rings (SSSR count). The highest BCUT2D eigenvalue weighted by atomic mass is 35.5. The molecule has 21 heavy (non-hydrogen) atoms. The maximum atomic E-state index is 13.7. The van der Waals surface area contributed by atoms with E-state index in [1.54, 1.807) is 24.3 Å². The predicted octanol–water partition coefficient (Wildman–Crippen LogP) is 5.87. The summed E-state index contributed by atoms with van der Waals surface area (Å²) in [5.74, 6) is -0.433. The van der Waals surface area contributed by atoms with Gasteiger partial charge in [0.05, 0.1) is 21.1 Å². The highest BCUT2D eigenvalue weighted by molar-refractivity contribution is 6.42. The van der Waals surface area contributed by atoms with Gasteiger partial charge in [0, 0.05) is 0 Å². The summed E-state index contributed by atoms with van der Waals surface area (Å²) in [6, 6.07) is 9.94. The smallest absolute Gasteiger partial charge is 0.142 e. The van der Waals surface area contributed by atoms with Crippen molar-refractivity contribution < 1.29 is 4.39 Å². The lowest BCUT2D eigenvalue weighted by Gasteiger charge is -2.21. The fourth-order valence-electron chi connectivity index (χ4n) is 2.13. The molecule has 0 radical (unpaired) electrons. The number of hydrogen-bond donors (Lipinski definition) is 1. The van der Waals surface area contributed by atoms with Crippen LogP contribution in [0, 0.1) is 5.82 Å². The van der Waals surface area contributed by atoms with Crippen molar-refractivity contribution in [3.8, 4) is 0 Å². The molecule has 5 heteroatoms. The molecule has 2 aromatic rings. The van der Waals surface area contributed by atoms with Crippen LogP contribution < -0.4 is 5.32 Å². The monoisotopic (exact) mass is 345 g/mol. The van der Waals surface area contributed by atoms with Crippen LogP contribution >= 0.6 is 34.8 Å². The third-order valence-electron chi connectivity index (χ3n) is 3.17. The van der Waals surface area contributed by atoms with Crippen molar-refractivity contribution in [1.82, 2.24) is 5.32 Å². The van der Waals surface area contributed by atoms with Crippen LogP contribution in [0.4, 0.5) is 4.39 Å². The van der Waals surface area contributed by atoms with E-state index in [0.29, 0.717) is 15.6 Å². The Morgan fingerprint density at radius 1 is 1.10 bits per heavy atom. The van der Waals surface area contributed by atoms with Crippen molar-refractivity contribution in [2.24, 2.45) is 0 Å². The van der Waals surface area contributed by atoms with Gasteiger partial charge in [-0.3, -0.25) is 0 Å². The molecule has 0 aliphatic rings. The van der Waals surface area contributed by atoms with E-state index in [1.165, 1.54) is 6.07 Å². The minimum absolute atomic E-state index is 0.122. The Morgan fingerprint density at radius 3 is 2.52 bits per heavy atom. The van der Waals surface area contributed by atoms with Gasteiger partial charge in [0.1, 0.15) is 5.82 Å². The summed E-state index contributed by atoms with van der Waals surface area (Å²) < 4.78 is 13.7. The van der Waals surface area contributed by atoms with E-state index < -0.39 is 5.82 Å². The van der Waals surface area contributed by atoms with Crippen molar-refractivity contribution in [3.05, 3.63) is 68.4 Å². The van der Waals surface area contributed by atoms with Crippen LogP contribution in [-0.2, 0) is 0 Å². The molecule has 0 spiro atoms. The molecule has 112 valence electrons. The first-order valence-electron chi connectivity index (χ1n) is 6.66. The van der Waals surface area contributed by atoms with Gasteiger partial charge in [-0.25, -0.2) is 4.39 Å². The van der Waals surface area contributed by atoms with Gasteiger partial charge < -0.3 is 5.32 Å². The van der Waals surface area contributed by atoms with Gasteiger partial charge in [0.25, 0.3) is 0 Å². The van der Waals surface area contributed by atoms with Crippen molar-refractivity contribution in [3.63, 3.8) is 0 Å². The maximum absolute atomic E-state index is 13.7. The molecule has 2 aromatic carbocycles. The maximum Gasteiger partial charge on any atom is 0.142 e. The van der Waals surface area contributed by atoms with E-state index in [4.69, 9.17) is 34.8 Å². The average molecular weight is 347 g/mol. The van der Waals surface area contributed by atoms with Crippen LogP contribution in [0.5, 0.6) is 0 Å². The fraction of sp³-hybridized carbons (Fsp3) is 0.250. The van der Waals surface area contributed by atoms with Gasteiger partial charge in [0.15, 0.2) is 0 Å². The third kappa shape index (κ3) is 3.89. The van der Waals surface area contributed by atoms with Gasteiger partial charge in [0.2, 0.25) is 0 Å². The van der Waals surface area contributed by atoms with E-state index in [2.05, 4.69) is 12.2 Å². The molecule has 0 bridgehead atoms. The van der Waals surface area contributed by atoms with Crippen molar-refractivity contribution in [2.45, 2.75) is 19.4 Å². The second-order valence-corrected chi connectivity index (χ2v) is 5.90. The first kappa shape index (κ1) is 16.6. The standard InChI is InChI=1S/C16H15Cl3FN/c1-2-8-21-16(10-6-7-12(17)13(18)9-10)11-4-3-5-14(20)15(11)19/h3-7,9,16,21H,2,8H2,1H3. The second kappa shape index (κ2) is 7.46. The van der Waals surface area contributed by atoms with Crippen LogP contribution in [0.15, 0.2) is 36.4 Å². The number of hydrogen-bond acceptors (Lipinski definition) is 1. The normalized spacial score (nSPS) is 12.4. The molecule has 1 nitrogen and oxygen atoms in total. The van der Waals surface area contributed by atoms with Crippen LogP contribution in [0.3, 0.4) is 0 Å². The molecule has 1 atom stereocenters. The lowest BCUT2D eigenvalue weighted by atomic mass is 9.98. The molecule has 0 fully saturated rings. The Morgan fingerprint density at radius 2 is 1.86 bits per heavy atom. The largest absolute Gasteiger partial charge is 0.306 e. The van der Waals surface area contributed by atoms with Crippen LogP contribution in [0.1, 0.15) is 30.5 Å². The highest BCUT2D eigenvalue weighted by Gasteiger charge is 2.19. The zero-order valence-corrected chi connectivity index (χ0v) is 13.7. The number of halogens is 4. The molecular formula is C16H15Cl3FN. The number of benzene rings is 2. The Hall–Kier alpha value is -0.800. The summed E-state index contributed by atoms with van der Waals surface area (Å²) >= 11 is 18.2. The zero-order valence-electron chi connectivity index (χ0n) is 11.5. The summed E-state index contributed by atoms with van der Waals surface area (Å²) in [7, 11) is 0. The lowest BCUT2D eigenvalue weighted by Crippen LogP contribution is -2.23. The van der Waals surface area contributed by atoms with E-state index >= 15 is 0 Å². The van der Waals surface area contributed by atoms with Gasteiger partial charge >= 0.3 is 0 Å². The minimum atomic E-state index is -0.433. The summed E-state index contributed by atoms with van der Waals surface area (Å²) in [6.07, 6.45) is 0.949. The van der Waals surface area contributed by atoms with E-state index in [0.717, 1.165) is 18.5 Å². The third-order valence-corrected chi connectivity index (χ3v) is 4.31. The average Bonchev–Trinajstić information content (AvgIpc) is 2.47. The summed E-state index contributed by atoms with van der Waals surface area (Å²) in [4.78, 5) is 0. The zero-order chi connectivity index (χ0) is 15.4. The van der Waals surface area contributed by atoms with E-state index in [-0.39, 0.29) is 11.1 Å². The van der Waals surface area contributed by atoms with Crippen LogP contribution in [-0.4, -0.2) is 6.54 Å². The van der Waals surface area contributed by atoms with Gasteiger partial charge in [-0.1, -0.05) is 59.9 Å². The highest BCUT2D eigenvalue weighted by Crippen LogP contribution is 2.33. The first-order valence-corrected chi connectivity index (χ1v) is 7.80. The molecule has 0 aromatic heterocycles. The Bertz CT molecular complexity index is 631. The van der Waals surface area contributed by atoms with Gasteiger partial charge in [-0.05, 0) is 42.3 Å². The van der Waals surface area contributed by atoms with Gasteiger partial charge in [-0.2, -0.15) is 0 Å². The molecule has 0 aliphatic carbocycles. The Kier molecular flexibility index (Phi) is 5.88. The van der Waals surface area contributed by atoms with E-state index in [9.17, 15) is 4.39 Å². The summed E-state index contributed by atoms with van der Waals surface area (Å²) in [5.41, 5.74) is 1.58. The molecular weight excluding hydrogens is 332 g/mol. The van der Waals surface area contributed by atoms with Crippen molar-refractivity contribution in [1.29, 1.82) is 0 Å². The summed E-state index contributed by atoms with van der Waals surface area (Å²) in [6.45, 7) is 2.84. The molecule has 0 aliphatic heterocycles.